The Labute approximate surface area is 186 Å². The van der Waals surface area contributed by atoms with E-state index in [-0.39, 0.29) is 17.6 Å². The highest BCUT2D eigenvalue weighted by Crippen LogP contribution is 2.20. The molecule has 1 heterocycles. The fraction of sp³-hybridized carbons (Fsp3) is 0.154. The summed E-state index contributed by atoms with van der Waals surface area (Å²) in [5.41, 5.74) is 3.23. The predicted octanol–water partition coefficient (Wildman–Crippen LogP) is 4.44. The van der Waals surface area contributed by atoms with Crippen molar-refractivity contribution < 1.29 is 14.0 Å². The molecule has 0 spiro atoms. The van der Waals surface area contributed by atoms with Crippen LogP contribution in [0.5, 0.6) is 0 Å². The molecular weight excluding hydrogens is 405 g/mol. The summed E-state index contributed by atoms with van der Waals surface area (Å²) < 4.78 is 13.1. The van der Waals surface area contributed by atoms with Crippen LogP contribution in [-0.4, -0.2) is 42.9 Å². The van der Waals surface area contributed by atoms with Gasteiger partial charge in [0.2, 0.25) is 5.91 Å². The molecule has 4 rings (SSSR count). The molecule has 0 bridgehead atoms. The number of benzene rings is 3. The molecule has 0 atom stereocenters. The van der Waals surface area contributed by atoms with Gasteiger partial charge in [-0.05, 0) is 60.2 Å². The monoisotopic (exact) mass is 429 g/mol. The van der Waals surface area contributed by atoms with Crippen molar-refractivity contribution in [1.29, 1.82) is 0 Å². The van der Waals surface area contributed by atoms with Gasteiger partial charge in [-0.15, -0.1) is 0 Å². The van der Waals surface area contributed by atoms with E-state index in [1.54, 1.807) is 11.0 Å². The van der Waals surface area contributed by atoms with E-state index in [9.17, 15) is 14.0 Å². The van der Waals surface area contributed by atoms with Crippen LogP contribution in [0, 0.1) is 5.82 Å². The molecule has 162 valence electrons. The number of halogens is 1. The number of carbonyl (C=O) groups is 2. The Balaban J connectivity index is 1.29. The van der Waals surface area contributed by atoms with E-state index in [4.69, 9.17) is 0 Å². The number of rotatable bonds is 5. The SMILES string of the molecule is O=C(/C=C/c1ccccc1)Nc1ccc(N2CCN(C(=O)c3ccc(F)cc3)CC2)cc1. The van der Waals surface area contributed by atoms with Gasteiger partial charge in [0, 0.05) is 49.2 Å². The molecule has 1 aliphatic heterocycles. The molecule has 2 amide bonds. The fourth-order valence-corrected chi connectivity index (χ4v) is 3.62. The van der Waals surface area contributed by atoms with E-state index < -0.39 is 0 Å². The minimum atomic E-state index is -0.349. The molecule has 1 fully saturated rings. The Morgan fingerprint density at radius 2 is 1.47 bits per heavy atom. The number of amides is 2. The third-order valence-corrected chi connectivity index (χ3v) is 5.38. The first kappa shape index (κ1) is 21.3. The second kappa shape index (κ2) is 9.92. The van der Waals surface area contributed by atoms with E-state index >= 15 is 0 Å². The predicted molar refractivity (Wildman–Crippen MR) is 125 cm³/mol. The maximum Gasteiger partial charge on any atom is 0.253 e. The van der Waals surface area contributed by atoms with Crippen LogP contribution < -0.4 is 10.2 Å². The summed E-state index contributed by atoms with van der Waals surface area (Å²) in [7, 11) is 0. The fourth-order valence-electron chi connectivity index (χ4n) is 3.62. The van der Waals surface area contributed by atoms with Crippen LogP contribution in [-0.2, 0) is 4.79 Å². The second-order valence-corrected chi connectivity index (χ2v) is 7.57. The molecule has 1 aliphatic rings. The van der Waals surface area contributed by atoms with Crippen LogP contribution in [0.3, 0.4) is 0 Å². The maximum atomic E-state index is 13.1. The molecule has 0 radical (unpaired) electrons. The highest BCUT2D eigenvalue weighted by molar-refractivity contribution is 6.02. The quantitative estimate of drug-likeness (QED) is 0.610. The summed E-state index contributed by atoms with van der Waals surface area (Å²) in [6, 6.07) is 23.0. The van der Waals surface area contributed by atoms with Crippen LogP contribution in [0.15, 0.2) is 84.9 Å². The van der Waals surface area contributed by atoms with Crippen molar-refractivity contribution in [3.8, 4) is 0 Å². The Kier molecular flexibility index (Phi) is 6.60. The average Bonchev–Trinajstić information content (AvgIpc) is 2.84. The van der Waals surface area contributed by atoms with Crippen LogP contribution in [0.1, 0.15) is 15.9 Å². The van der Waals surface area contributed by atoms with Gasteiger partial charge in [-0.1, -0.05) is 30.3 Å². The van der Waals surface area contributed by atoms with Gasteiger partial charge in [-0.3, -0.25) is 9.59 Å². The lowest BCUT2D eigenvalue weighted by Gasteiger charge is -2.36. The molecule has 32 heavy (non-hydrogen) atoms. The van der Waals surface area contributed by atoms with Gasteiger partial charge in [0.25, 0.3) is 5.91 Å². The van der Waals surface area contributed by atoms with E-state index in [0.29, 0.717) is 31.7 Å². The summed E-state index contributed by atoms with van der Waals surface area (Å²) in [5.74, 6) is -0.612. The largest absolute Gasteiger partial charge is 0.368 e. The van der Waals surface area contributed by atoms with Crippen LogP contribution >= 0.6 is 0 Å². The summed E-state index contributed by atoms with van der Waals surface area (Å²) in [4.78, 5) is 28.7. The van der Waals surface area contributed by atoms with Gasteiger partial charge in [0.15, 0.2) is 0 Å². The third-order valence-electron chi connectivity index (χ3n) is 5.38. The van der Waals surface area contributed by atoms with Crippen molar-refractivity contribution in [3.63, 3.8) is 0 Å². The lowest BCUT2D eigenvalue weighted by atomic mass is 10.1. The van der Waals surface area contributed by atoms with Crippen molar-refractivity contribution in [2.24, 2.45) is 0 Å². The van der Waals surface area contributed by atoms with Crippen molar-refractivity contribution >= 4 is 29.3 Å². The third kappa shape index (κ3) is 5.40. The number of hydrogen-bond acceptors (Lipinski definition) is 3. The number of nitrogens with one attached hydrogen (secondary N) is 1. The van der Waals surface area contributed by atoms with E-state index in [0.717, 1.165) is 16.9 Å². The van der Waals surface area contributed by atoms with Crippen LogP contribution in [0.4, 0.5) is 15.8 Å². The molecule has 1 N–H and O–H groups in total. The minimum absolute atomic E-state index is 0.0775. The molecule has 1 saturated heterocycles. The van der Waals surface area contributed by atoms with Gasteiger partial charge in [-0.25, -0.2) is 4.39 Å². The smallest absolute Gasteiger partial charge is 0.253 e. The normalized spacial score (nSPS) is 13.9. The van der Waals surface area contributed by atoms with Crippen molar-refractivity contribution in [1.82, 2.24) is 4.90 Å². The molecule has 3 aromatic carbocycles. The first-order valence-corrected chi connectivity index (χ1v) is 10.5. The van der Waals surface area contributed by atoms with Gasteiger partial charge >= 0.3 is 0 Å². The first-order chi connectivity index (χ1) is 15.6. The molecular formula is C26H24FN3O2. The Bertz CT molecular complexity index is 1090. The van der Waals surface area contributed by atoms with E-state index in [1.165, 1.54) is 30.3 Å². The number of anilines is 2. The molecule has 6 heteroatoms. The molecule has 0 aliphatic carbocycles. The van der Waals surface area contributed by atoms with E-state index in [2.05, 4.69) is 10.2 Å². The Morgan fingerprint density at radius 3 is 2.12 bits per heavy atom. The van der Waals surface area contributed by atoms with Gasteiger partial charge in [-0.2, -0.15) is 0 Å². The first-order valence-electron chi connectivity index (χ1n) is 10.5. The molecule has 5 nitrogen and oxygen atoms in total. The number of nitrogens with zero attached hydrogens (tertiary/aromatic N) is 2. The average molecular weight is 429 g/mol. The molecule has 0 aromatic heterocycles. The molecule has 0 unspecified atom stereocenters. The van der Waals surface area contributed by atoms with Crippen molar-refractivity contribution in [3.05, 3.63) is 102 Å². The van der Waals surface area contributed by atoms with Crippen molar-refractivity contribution in [2.75, 3.05) is 36.4 Å². The zero-order valence-electron chi connectivity index (χ0n) is 17.6. The highest BCUT2D eigenvalue weighted by Gasteiger charge is 2.22. The summed E-state index contributed by atoms with van der Waals surface area (Å²) in [6.45, 7) is 2.61. The molecule has 3 aromatic rings. The van der Waals surface area contributed by atoms with Gasteiger partial charge in [0.05, 0.1) is 0 Å². The highest BCUT2D eigenvalue weighted by atomic mass is 19.1. The number of piperazine rings is 1. The maximum absolute atomic E-state index is 13.1. The summed E-state index contributed by atoms with van der Waals surface area (Å²) in [5, 5.41) is 2.86. The zero-order chi connectivity index (χ0) is 22.3. The van der Waals surface area contributed by atoms with E-state index in [1.807, 2.05) is 54.6 Å². The topological polar surface area (TPSA) is 52.7 Å². The minimum Gasteiger partial charge on any atom is -0.368 e. The Hall–Kier alpha value is -3.93. The standard InChI is InChI=1S/C26H24FN3O2/c27-22-9-7-21(8-10-22)26(32)30-18-16-29(17-19-30)24-13-11-23(12-14-24)28-25(31)15-6-20-4-2-1-3-5-20/h1-15H,16-19H2,(H,28,31)/b15-6+. The molecule has 0 saturated carbocycles. The van der Waals surface area contributed by atoms with Gasteiger partial charge in [0.1, 0.15) is 5.82 Å². The number of hydrogen-bond donors (Lipinski definition) is 1. The second-order valence-electron chi connectivity index (χ2n) is 7.57. The lowest BCUT2D eigenvalue weighted by molar-refractivity contribution is -0.111. The Morgan fingerprint density at radius 1 is 0.812 bits per heavy atom. The lowest BCUT2D eigenvalue weighted by Crippen LogP contribution is -2.48. The van der Waals surface area contributed by atoms with Crippen LogP contribution in [0.25, 0.3) is 6.08 Å². The van der Waals surface area contributed by atoms with Crippen LogP contribution in [0.2, 0.25) is 0 Å². The van der Waals surface area contributed by atoms with Crippen molar-refractivity contribution in [2.45, 2.75) is 0 Å². The summed E-state index contributed by atoms with van der Waals surface area (Å²) >= 11 is 0. The zero-order valence-corrected chi connectivity index (χ0v) is 17.6. The van der Waals surface area contributed by atoms with Gasteiger partial charge < -0.3 is 15.1 Å². The summed E-state index contributed by atoms with van der Waals surface area (Å²) in [6.07, 6.45) is 3.29. The number of carbonyl (C=O) groups excluding carboxylic acids is 2.